The molecule has 2 heterocycles. The van der Waals surface area contributed by atoms with Crippen molar-refractivity contribution in [1.82, 2.24) is 10.2 Å². The van der Waals surface area contributed by atoms with Crippen LogP contribution in [-0.4, -0.2) is 50.7 Å². The molecule has 1 N–H and O–H groups in total. The number of hydrogen-bond donors (Lipinski definition) is 1. The molecule has 5 heteroatoms. The smallest absolute Gasteiger partial charge is 0.222 e. The number of halogens is 1. The molecule has 2 aliphatic heterocycles. The van der Waals surface area contributed by atoms with Gasteiger partial charge in [0.25, 0.3) is 0 Å². The average Bonchev–Trinajstić information content (AvgIpc) is 2.49. The van der Waals surface area contributed by atoms with Crippen molar-refractivity contribution < 1.29 is 9.53 Å². The van der Waals surface area contributed by atoms with E-state index in [4.69, 9.17) is 4.74 Å². The molecule has 2 aliphatic rings. The molecule has 0 aromatic rings. The third-order valence-corrected chi connectivity index (χ3v) is 5.01. The van der Waals surface area contributed by atoms with E-state index in [1.165, 1.54) is 12.8 Å². The fourth-order valence-electron chi connectivity index (χ4n) is 3.52. The van der Waals surface area contributed by atoms with E-state index >= 15 is 0 Å². The largest absolute Gasteiger partial charge is 0.384 e. The Bertz CT molecular complexity index is 301. The Kier molecular flexibility index (Phi) is 8.60. The van der Waals surface area contributed by atoms with Crippen molar-refractivity contribution in [3.05, 3.63) is 0 Å². The molecule has 21 heavy (non-hydrogen) atoms. The molecule has 0 spiro atoms. The lowest BCUT2D eigenvalue weighted by atomic mass is 9.85. The number of hydrogen-bond acceptors (Lipinski definition) is 3. The van der Waals surface area contributed by atoms with Gasteiger partial charge in [0.1, 0.15) is 0 Å². The van der Waals surface area contributed by atoms with Gasteiger partial charge >= 0.3 is 0 Å². The van der Waals surface area contributed by atoms with E-state index in [0.29, 0.717) is 23.7 Å². The Hall–Kier alpha value is -0.320. The zero-order valence-corrected chi connectivity index (χ0v) is 14.3. The number of rotatable bonds is 5. The van der Waals surface area contributed by atoms with E-state index in [1.54, 1.807) is 7.11 Å². The second kappa shape index (κ2) is 9.65. The summed E-state index contributed by atoms with van der Waals surface area (Å²) in [7, 11) is 1.76. The van der Waals surface area contributed by atoms with Gasteiger partial charge in [0.05, 0.1) is 0 Å². The summed E-state index contributed by atoms with van der Waals surface area (Å²) in [5, 5.41) is 3.45. The van der Waals surface area contributed by atoms with Crippen LogP contribution in [0.3, 0.4) is 0 Å². The highest BCUT2D eigenvalue weighted by atomic mass is 35.5. The van der Waals surface area contributed by atoms with Gasteiger partial charge < -0.3 is 15.0 Å². The maximum Gasteiger partial charge on any atom is 0.222 e. The monoisotopic (exact) mass is 318 g/mol. The summed E-state index contributed by atoms with van der Waals surface area (Å²) in [6.45, 7) is 7.15. The first-order chi connectivity index (χ1) is 9.70. The fourth-order valence-corrected chi connectivity index (χ4v) is 3.52. The highest BCUT2D eigenvalue weighted by Crippen LogP contribution is 2.24. The number of amides is 1. The van der Waals surface area contributed by atoms with Crippen LogP contribution < -0.4 is 5.32 Å². The fraction of sp³-hybridized carbons (Fsp3) is 0.938. The lowest BCUT2D eigenvalue weighted by Crippen LogP contribution is -2.41. The lowest BCUT2D eigenvalue weighted by Gasteiger charge is -2.34. The first kappa shape index (κ1) is 18.7. The number of piperidine rings is 2. The molecule has 0 saturated carbocycles. The molecule has 2 fully saturated rings. The Balaban J connectivity index is 0.00000220. The molecule has 124 valence electrons. The van der Waals surface area contributed by atoms with Gasteiger partial charge in [0.15, 0.2) is 0 Å². The highest BCUT2D eigenvalue weighted by Gasteiger charge is 2.26. The van der Waals surface area contributed by atoms with Crippen LogP contribution in [0.2, 0.25) is 0 Å². The second-order valence-electron chi connectivity index (χ2n) is 6.57. The van der Waals surface area contributed by atoms with Gasteiger partial charge in [-0.05, 0) is 56.5 Å². The lowest BCUT2D eigenvalue weighted by molar-refractivity contribution is -0.134. The number of carbonyl (C=O) groups excluding carboxylic acids is 1. The standard InChI is InChI=1S/C16H30N2O2.ClH/c1-13(15-4-3-7-17-11-15)10-16(19)18-8-5-14(6-9-18)12-20-2;/h13-15,17H,3-12H2,1-2H3;1H. The minimum Gasteiger partial charge on any atom is -0.384 e. The Morgan fingerprint density at radius 1 is 1.33 bits per heavy atom. The molecule has 2 atom stereocenters. The van der Waals surface area contributed by atoms with Gasteiger partial charge in [-0.2, -0.15) is 0 Å². The number of nitrogens with one attached hydrogen (secondary N) is 1. The molecule has 0 bridgehead atoms. The molecule has 2 rings (SSSR count). The molecular weight excluding hydrogens is 288 g/mol. The average molecular weight is 319 g/mol. The predicted molar refractivity (Wildman–Crippen MR) is 87.8 cm³/mol. The van der Waals surface area contributed by atoms with Crippen LogP contribution in [0.15, 0.2) is 0 Å². The van der Waals surface area contributed by atoms with Gasteiger partial charge in [-0.15, -0.1) is 12.4 Å². The molecule has 2 unspecified atom stereocenters. The summed E-state index contributed by atoms with van der Waals surface area (Å²) < 4.78 is 5.21. The summed E-state index contributed by atoms with van der Waals surface area (Å²) in [5.41, 5.74) is 0. The molecule has 0 radical (unpaired) electrons. The number of likely N-dealkylation sites (tertiary alicyclic amines) is 1. The van der Waals surface area contributed by atoms with E-state index < -0.39 is 0 Å². The molecule has 1 amide bonds. The summed E-state index contributed by atoms with van der Waals surface area (Å²) in [6, 6.07) is 0. The minimum absolute atomic E-state index is 0. The van der Waals surface area contributed by atoms with Crippen molar-refractivity contribution >= 4 is 18.3 Å². The van der Waals surface area contributed by atoms with E-state index in [9.17, 15) is 4.79 Å². The van der Waals surface area contributed by atoms with Crippen LogP contribution >= 0.6 is 12.4 Å². The van der Waals surface area contributed by atoms with Gasteiger partial charge in [-0.3, -0.25) is 4.79 Å². The van der Waals surface area contributed by atoms with Crippen LogP contribution in [0.1, 0.15) is 39.0 Å². The third-order valence-electron chi connectivity index (χ3n) is 5.01. The molecule has 2 saturated heterocycles. The van der Waals surface area contributed by atoms with Crippen molar-refractivity contribution in [2.45, 2.75) is 39.0 Å². The SMILES string of the molecule is COCC1CCN(C(=O)CC(C)C2CCCNC2)CC1.Cl. The molecule has 0 aromatic carbocycles. The van der Waals surface area contributed by atoms with Gasteiger partial charge in [-0.1, -0.05) is 6.92 Å². The summed E-state index contributed by atoms with van der Waals surface area (Å²) in [4.78, 5) is 14.5. The second-order valence-corrected chi connectivity index (χ2v) is 6.57. The van der Waals surface area contributed by atoms with E-state index in [-0.39, 0.29) is 12.4 Å². The van der Waals surface area contributed by atoms with Crippen molar-refractivity contribution in [3.63, 3.8) is 0 Å². The van der Waals surface area contributed by atoms with Crippen LogP contribution in [0.25, 0.3) is 0 Å². The third kappa shape index (κ3) is 5.76. The van der Waals surface area contributed by atoms with E-state index in [2.05, 4.69) is 17.1 Å². The normalized spacial score (nSPS) is 25.2. The van der Waals surface area contributed by atoms with Gasteiger partial charge in [0, 0.05) is 33.2 Å². The predicted octanol–water partition coefficient (Wildman–Crippen LogP) is 2.32. The number of carbonyl (C=O) groups is 1. The molecule has 4 nitrogen and oxygen atoms in total. The maximum atomic E-state index is 12.4. The number of nitrogens with zero attached hydrogens (tertiary/aromatic N) is 1. The first-order valence-electron chi connectivity index (χ1n) is 8.18. The topological polar surface area (TPSA) is 41.6 Å². The van der Waals surface area contributed by atoms with Gasteiger partial charge in [-0.25, -0.2) is 0 Å². The van der Waals surface area contributed by atoms with Crippen LogP contribution in [0.4, 0.5) is 0 Å². The molecule has 0 aromatic heterocycles. The van der Waals surface area contributed by atoms with E-state index in [1.807, 2.05) is 0 Å². The minimum atomic E-state index is 0. The highest BCUT2D eigenvalue weighted by molar-refractivity contribution is 5.85. The summed E-state index contributed by atoms with van der Waals surface area (Å²) in [6.07, 6.45) is 5.45. The number of methoxy groups -OCH3 is 1. The first-order valence-corrected chi connectivity index (χ1v) is 8.18. The zero-order valence-electron chi connectivity index (χ0n) is 13.5. The van der Waals surface area contributed by atoms with E-state index in [0.717, 1.165) is 52.0 Å². The zero-order chi connectivity index (χ0) is 14.4. The molecular formula is C16H31ClN2O2. The summed E-state index contributed by atoms with van der Waals surface area (Å²) in [5.74, 6) is 2.19. The van der Waals surface area contributed by atoms with Crippen LogP contribution in [0, 0.1) is 17.8 Å². The van der Waals surface area contributed by atoms with Crippen molar-refractivity contribution in [2.24, 2.45) is 17.8 Å². The van der Waals surface area contributed by atoms with Crippen LogP contribution in [0.5, 0.6) is 0 Å². The van der Waals surface area contributed by atoms with Gasteiger partial charge in [0.2, 0.25) is 5.91 Å². The Morgan fingerprint density at radius 3 is 2.62 bits per heavy atom. The maximum absolute atomic E-state index is 12.4. The van der Waals surface area contributed by atoms with Crippen molar-refractivity contribution in [2.75, 3.05) is 39.9 Å². The Labute approximate surface area is 135 Å². The molecule has 0 aliphatic carbocycles. The van der Waals surface area contributed by atoms with Crippen LogP contribution in [-0.2, 0) is 9.53 Å². The summed E-state index contributed by atoms with van der Waals surface area (Å²) >= 11 is 0. The quantitative estimate of drug-likeness (QED) is 0.846. The van der Waals surface area contributed by atoms with Crippen molar-refractivity contribution in [1.29, 1.82) is 0 Å². The number of ether oxygens (including phenoxy) is 1. The Morgan fingerprint density at radius 2 is 2.05 bits per heavy atom. The van der Waals surface area contributed by atoms with Crippen molar-refractivity contribution in [3.8, 4) is 0 Å².